The van der Waals surface area contributed by atoms with Crippen molar-refractivity contribution in [1.29, 1.82) is 0 Å². The van der Waals surface area contributed by atoms with E-state index < -0.39 is 4.92 Å². The lowest BCUT2D eigenvalue weighted by atomic mass is 9.93. The molecule has 2 rings (SSSR count). The Hall–Kier alpha value is -1.33. The topological polar surface area (TPSA) is 64.4 Å². The molecule has 1 unspecified atom stereocenters. The van der Waals surface area contributed by atoms with Crippen LogP contribution in [0.5, 0.6) is 0 Å². The second kappa shape index (κ2) is 6.21. The van der Waals surface area contributed by atoms with Gasteiger partial charge in [-0.1, -0.05) is 17.7 Å². The molecule has 0 amide bonds. The van der Waals surface area contributed by atoms with Gasteiger partial charge in [-0.05, 0) is 37.8 Å². The summed E-state index contributed by atoms with van der Waals surface area (Å²) < 4.78 is 5.32. The Morgan fingerprint density at radius 2 is 2.16 bits per heavy atom. The van der Waals surface area contributed by atoms with Crippen molar-refractivity contribution in [1.82, 2.24) is 0 Å². The van der Waals surface area contributed by atoms with E-state index in [1.54, 1.807) is 12.1 Å². The summed E-state index contributed by atoms with van der Waals surface area (Å²) in [6.45, 7) is 3.56. The Balaban J connectivity index is 2.14. The van der Waals surface area contributed by atoms with Gasteiger partial charge in [0, 0.05) is 19.3 Å². The number of nitrogens with one attached hydrogen (secondary N) is 1. The number of anilines is 1. The SMILES string of the molecule is CC(Nc1cccc(Cl)c1[N+](=O)[O-])C1CCOCC1. The van der Waals surface area contributed by atoms with Crippen molar-refractivity contribution >= 4 is 23.0 Å². The van der Waals surface area contributed by atoms with Crippen LogP contribution >= 0.6 is 11.6 Å². The van der Waals surface area contributed by atoms with Crippen LogP contribution in [0.25, 0.3) is 0 Å². The number of para-hydroxylation sites is 1. The van der Waals surface area contributed by atoms with Crippen molar-refractivity contribution in [3.63, 3.8) is 0 Å². The summed E-state index contributed by atoms with van der Waals surface area (Å²) in [6.07, 6.45) is 1.95. The van der Waals surface area contributed by atoms with Crippen LogP contribution in [0, 0.1) is 16.0 Å². The zero-order chi connectivity index (χ0) is 13.8. The Morgan fingerprint density at radius 3 is 2.79 bits per heavy atom. The number of benzene rings is 1. The van der Waals surface area contributed by atoms with Crippen LogP contribution in [-0.2, 0) is 4.74 Å². The van der Waals surface area contributed by atoms with Crippen molar-refractivity contribution in [2.45, 2.75) is 25.8 Å². The number of hydrogen-bond donors (Lipinski definition) is 1. The van der Waals surface area contributed by atoms with Crippen molar-refractivity contribution in [3.8, 4) is 0 Å². The molecule has 19 heavy (non-hydrogen) atoms. The number of nitro groups is 1. The molecule has 1 aromatic carbocycles. The maximum Gasteiger partial charge on any atom is 0.310 e. The van der Waals surface area contributed by atoms with Crippen LogP contribution in [0.3, 0.4) is 0 Å². The predicted octanol–water partition coefficient (Wildman–Crippen LogP) is 3.48. The van der Waals surface area contributed by atoms with Crippen molar-refractivity contribution in [2.24, 2.45) is 5.92 Å². The number of halogens is 1. The molecule has 1 aliphatic rings. The van der Waals surface area contributed by atoms with Crippen LogP contribution in [-0.4, -0.2) is 24.2 Å². The van der Waals surface area contributed by atoms with E-state index in [9.17, 15) is 10.1 Å². The molecule has 0 bridgehead atoms. The van der Waals surface area contributed by atoms with Crippen molar-refractivity contribution < 1.29 is 9.66 Å². The summed E-state index contributed by atoms with van der Waals surface area (Å²) in [6, 6.07) is 5.10. The first kappa shape index (κ1) is 14.1. The maximum atomic E-state index is 11.1. The third-order valence-corrected chi connectivity index (χ3v) is 3.83. The van der Waals surface area contributed by atoms with E-state index in [1.165, 1.54) is 6.07 Å². The summed E-state index contributed by atoms with van der Waals surface area (Å²) in [5, 5.41) is 14.4. The predicted molar refractivity (Wildman–Crippen MR) is 74.7 cm³/mol. The third-order valence-electron chi connectivity index (χ3n) is 3.53. The molecule has 1 aromatic rings. The molecule has 104 valence electrons. The van der Waals surface area contributed by atoms with E-state index >= 15 is 0 Å². The largest absolute Gasteiger partial charge is 0.381 e. The lowest BCUT2D eigenvalue weighted by molar-refractivity contribution is -0.383. The Morgan fingerprint density at radius 1 is 1.47 bits per heavy atom. The number of rotatable bonds is 4. The summed E-state index contributed by atoms with van der Waals surface area (Å²) in [7, 11) is 0. The molecule has 5 nitrogen and oxygen atoms in total. The molecular formula is C13H17ClN2O3. The summed E-state index contributed by atoms with van der Waals surface area (Å²) >= 11 is 5.89. The van der Waals surface area contributed by atoms with E-state index in [2.05, 4.69) is 5.32 Å². The monoisotopic (exact) mass is 284 g/mol. The highest BCUT2D eigenvalue weighted by atomic mass is 35.5. The molecule has 1 aliphatic heterocycles. The minimum Gasteiger partial charge on any atom is -0.381 e. The van der Waals surface area contributed by atoms with E-state index in [-0.39, 0.29) is 16.8 Å². The van der Waals surface area contributed by atoms with Gasteiger partial charge in [0.2, 0.25) is 0 Å². The summed E-state index contributed by atoms with van der Waals surface area (Å²) in [5.74, 6) is 0.465. The smallest absolute Gasteiger partial charge is 0.310 e. The van der Waals surface area contributed by atoms with Gasteiger partial charge in [0.05, 0.1) is 4.92 Å². The fourth-order valence-electron chi connectivity index (χ4n) is 2.40. The van der Waals surface area contributed by atoms with Crippen LogP contribution in [0.2, 0.25) is 5.02 Å². The average Bonchev–Trinajstić information content (AvgIpc) is 2.39. The Labute approximate surface area is 117 Å². The van der Waals surface area contributed by atoms with E-state index in [0.717, 1.165) is 26.1 Å². The number of hydrogen-bond acceptors (Lipinski definition) is 4. The molecule has 0 aromatic heterocycles. The first-order chi connectivity index (χ1) is 9.09. The molecule has 0 radical (unpaired) electrons. The van der Waals surface area contributed by atoms with E-state index in [1.807, 2.05) is 6.92 Å². The van der Waals surface area contributed by atoms with E-state index in [4.69, 9.17) is 16.3 Å². The zero-order valence-corrected chi connectivity index (χ0v) is 11.5. The quantitative estimate of drug-likeness (QED) is 0.679. The van der Waals surface area contributed by atoms with Gasteiger partial charge in [-0.25, -0.2) is 0 Å². The zero-order valence-electron chi connectivity index (χ0n) is 10.8. The molecule has 1 atom stereocenters. The fraction of sp³-hybridized carbons (Fsp3) is 0.538. The lowest BCUT2D eigenvalue weighted by Gasteiger charge is -2.29. The summed E-state index contributed by atoms with van der Waals surface area (Å²) in [4.78, 5) is 10.6. The second-order valence-corrected chi connectivity index (χ2v) is 5.18. The van der Waals surface area contributed by atoms with Crippen LogP contribution in [0.15, 0.2) is 18.2 Å². The molecule has 6 heteroatoms. The first-order valence-electron chi connectivity index (χ1n) is 6.36. The molecule has 1 saturated heterocycles. The minimum atomic E-state index is -0.443. The molecule has 1 N–H and O–H groups in total. The van der Waals surface area contributed by atoms with Gasteiger partial charge in [0.1, 0.15) is 10.7 Å². The van der Waals surface area contributed by atoms with Gasteiger partial charge < -0.3 is 10.1 Å². The molecule has 1 heterocycles. The number of nitro benzene ring substituents is 1. The molecule has 0 aliphatic carbocycles. The molecular weight excluding hydrogens is 268 g/mol. The van der Waals surface area contributed by atoms with Crippen LogP contribution in [0.1, 0.15) is 19.8 Å². The minimum absolute atomic E-state index is 0.0527. The van der Waals surface area contributed by atoms with Gasteiger partial charge in [0.25, 0.3) is 0 Å². The third kappa shape index (κ3) is 3.36. The van der Waals surface area contributed by atoms with Gasteiger partial charge in [0.15, 0.2) is 0 Å². The highest BCUT2D eigenvalue weighted by Crippen LogP contribution is 2.33. The standard InChI is InChI=1S/C13H17ClN2O3/c1-9(10-5-7-19-8-6-10)15-12-4-2-3-11(14)13(12)16(17)18/h2-4,9-10,15H,5-8H2,1H3. The number of ether oxygens (including phenoxy) is 1. The lowest BCUT2D eigenvalue weighted by Crippen LogP contribution is -2.31. The second-order valence-electron chi connectivity index (χ2n) is 4.78. The maximum absolute atomic E-state index is 11.1. The highest BCUT2D eigenvalue weighted by Gasteiger charge is 2.24. The highest BCUT2D eigenvalue weighted by molar-refractivity contribution is 6.33. The molecule has 0 saturated carbocycles. The van der Waals surface area contributed by atoms with Crippen molar-refractivity contribution in [2.75, 3.05) is 18.5 Å². The van der Waals surface area contributed by atoms with Crippen LogP contribution in [0.4, 0.5) is 11.4 Å². The first-order valence-corrected chi connectivity index (χ1v) is 6.74. The molecule has 1 fully saturated rings. The summed E-state index contributed by atoms with van der Waals surface area (Å²) in [5.41, 5.74) is 0.430. The Bertz CT molecular complexity index is 461. The Kier molecular flexibility index (Phi) is 4.61. The fourth-order valence-corrected chi connectivity index (χ4v) is 2.64. The normalized spacial score (nSPS) is 18.0. The van der Waals surface area contributed by atoms with E-state index in [0.29, 0.717) is 11.6 Å². The number of nitrogens with zero attached hydrogens (tertiary/aromatic N) is 1. The van der Waals surface area contributed by atoms with Crippen molar-refractivity contribution in [3.05, 3.63) is 33.3 Å². The van der Waals surface area contributed by atoms with Gasteiger partial charge >= 0.3 is 5.69 Å². The molecule has 0 spiro atoms. The van der Waals surface area contributed by atoms with Crippen LogP contribution < -0.4 is 5.32 Å². The van der Waals surface area contributed by atoms with Gasteiger partial charge in [-0.3, -0.25) is 10.1 Å². The average molecular weight is 285 g/mol. The van der Waals surface area contributed by atoms with Gasteiger partial charge in [-0.15, -0.1) is 0 Å². The van der Waals surface area contributed by atoms with Gasteiger partial charge in [-0.2, -0.15) is 0 Å².